The number of aromatic nitrogens is 1. The molecule has 342 valence electrons. The van der Waals surface area contributed by atoms with Crippen LogP contribution in [0, 0.1) is 0 Å². The van der Waals surface area contributed by atoms with Crippen molar-refractivity contribution in [2.45, 2.75) is 5.41 Å². The molecule has 11 aromatic rings. The van der Waals surface area contributed by atoms with Crippen molar-refractivity contribution in [2.24, 2.45) is 0 Å². The fourth-order valence-corrected chi connectivity index (χ4v) is 11.3. The Bertz CT molecular complexity index is 4240. The normalized spacial score (nSPS) is 15.0. The molecule has 72 heavy (non-hydrogen) atoms. The molecule has 2 aliphatic carbocycles. The lowest BCUT2D eigenvalue weighted by atomic mass is 9.66. The van der Waals surface area contributed by atoms with Crippen LogP contribution in [-0.4, -0.2) is 11.1 Å². The second-order valence-electron chi connectivity index (χ2n) is 18.4. The molecule has 15 rings (SSSR count). The summed E-state index contributed by atoms with van der Waals surface area (Å²) in [6.45, 7) is 4.35. The maximum atomic E-state index is 6.70. The van der Waals surface area contributed by atoms with Crippen molar-refractivity contribution in [1.82, 2.24) is 4.57 Å². The monoisotopic (exact) mass is 932 g/mol. The van der Waals surface area contributed by atoms with E-state index in [1.807, 2.05) is 103 Å². The van der Waals surface area contributed by atoms with E-state index in [-0.39, 0.29) is 0 Å². The second kappa shape index (κ2) is 15.4. The summed E-state index contributed by atoms with van der Waals surface area (Å²) in [5, 5.41) is 0. The largest absolute Gasteiger partial charge is 0.457 e. The number of para-hydroxylation sites is 6. The molecule has 9 aromatic carbocycles. The lowest BCUT2D eigenvalue weighted by molar-refractivity contribution is 0.351. The summed E-state index contributed by atoms with van der Waals surface area (Å²) >= 11 is 0. The molecule has 0 radical (unpaired) electrons. The Morgan fingerprint density at radius 2 is 1.01 bits per heavy atom. The second-order valence-corrected chi connectivity index (χ2v) is 18.4. The Hall–Kier alpha value is -9.66. The molecule has 8 heteroatoms. The van der Waals surface area contributed by atoms with E-state index < -0.39 is 5.41 Å². The SMILES string of the molecule is C=C/C=C\C=C1/CN(c2ccc3c(c2)C2(c4cc(-n5c6ccccc6oc6cc7oc8ccccc8oc7cc65)ccc4C=C3)c3ccccc3-c3ccccc32)c2cc3c(cc2O1)Oc1ccccc1O3. The zero-order chi connectivity index (χ0) is 47.5. The highest BCUT2D eigenvalue weighted by atomic mass is 16.6. The van der Waals surface area contributed by atoms with Crippen molar-refractivity contribution in [1.29, 1.82) is 0 Å². The number of hydrogen-bond donors (Lipinski definition) is 0. The molecule has 4 heterocycles. The first-order chi connectivity index (χ1) is 35.6. The Kier molecular flexibility index (Phi) is 8.62. The number of nitrogens with zero attached hydrogens (tertiary/aromatic N) is 2. The maximum Gasteiger partial charge on any atom is 0.174 e. The van der Waals surface area contributed by atoms with Gasteiger partial charge in [-0.3, -0.25) is 0 Å². The van der Waals surface area contributed by atoms with Gasteiger partial charge in [-0.25, -0.2) is 0 Å². The van der Waals surface area contributed by atoms with E-state index in [0.29, 0.717) is 63.2 Å². The minimum atomic E-state index is -0.768. The topological polar surface area (TPSA) is 75.3 Å². The van der Waals surface area contributed by atoms with Crippen molar-refractivity contribution in [3.63, 3.8) is 0 Å². The number of benzene rings is 9. The van der Waals surface area contributed by atoms with Crippen LogP contribution in [0.3, 0.4) is 0 Å². The average molecular weight is 933 g/mol. The van der Waals surface area contributed by atoms with Crippen LogP contribution in [0.5, 0.6) is 28.7 Å². The third-order valence-corrected chi connectivity index (χ3v) is 14.4. The smallest absolute Gasteiger partial charge is 0.174 e. The Morgan fingerprint density at radius 3 is 1.72 bits per heavy atom. The van der Waals surface area contributed by atoms with Crippen LogP contribution in [-0.2, 0) is 5.41 Å². The first-order valence-electron chi connectivity index (χ1n) is 24.0. The van der Waals surface area contributed by atoms with Gasteiger partial charge >= 0.3 is 0 Å². The summed E-state index contributed by atoms with van der Waals surface area (Å²) in [5.74, 6) is 3.94. The molecule has 0 saturated carbocycles. The fraction of sp³-hybridized carbons (Fsp3) is 0.0312. The molecule has 0 amide bonds. The van der Waals surface area contributed by atoms with Gasteiger partial charge < -0.3 is 36.9 Å². The molecule has 0 bridgehead atoms. The summed E-state index contributed by atoms with van der Waals surface area (Å²) in [6, 6.07) is 63.1. The van der Waals surface area contributed by atoms with Crippen LogP contribution in [0.2, 0.25) is 0 Å². The molecule has 0 unspecified atom stereocenters. The molecule has 0 saturated heterocycles. The number of allylic oxidation sites excluding steroid dienone is 4. The number of hydrogen-bond acceptors (Lipinski definition) is 7. The summed E-state index contributed by atoms with van der Waals surface area (Å²) in [4.78, 5) is 2.32. The summed E-state index contributed by atoms with van der Waals surface area (Å²) in [7, 11) is 0. The number of ether oxygens (including phenoxy) is 3. The van der Waals surface area contributed by atoms with Gasteiger partial charge in [0, 0.05) is 35.6 Å². The highest BCUT2D eigenvalue weighted by molar-refractivity contribution is 5.96. The van der Waals surface area contributed by atoms with Crippen LogP contribution in [0.1, 0.15) is 33.4 Å². The molecule has 1 spiro atoms. The van der Waals surface area contributed by atoms with Gasteiger partial charge in [-0.15, -0.1) is 0 Å². The Balaban J connectivity index is 0.978. The lowest BCUT2D eigenvalue weighted by Crippen LogP contribution is -2.31. The Labute approximate surface area is 412 Å². The van der Waals surface area contributed by atoms with Crippen LogP contribution in [0.25, 0.3) is 73.5 Å². The van der Waals surface area contributed by atoms with Gasteiger partial charge in [0.1, 0.15) is 5.76 Å². The van der Waals surface area contributed by atoms with Crippen molar-refractivity contribution in [3.8, 4) is 45.6 Å². The molecule has 0 fully saturated rings. The van der Waals surface area contributed by atoms with E-state index in [1.54, 1.807) is 6.08 Å². The van der Waals surface area contributed by atoms with Gasteiger partial charge in [-0.2, -0.15) is 0 Å². The van der Waals surface area contributed by atoms with Gasteiger partial charge in [0.2, 0.25) is 0 Å². The van der Waals surface area contributed by atoms with Crippen LogP contribution in [0.4, 0.5) is 11.4 Å². The summed E-state index contributed by atoms with van der Waals surface area (Å²) in [5.41, 5.74) is 17.1. The van der Waals surface area contributed by atoms with Crippen molar-refractivity contribution >= 4 is 68.1 Å². The minimum absolute atomic E-state index is 0.458. The fourth-order valence-electron chi connectivity index (χ4n) is 11.3. The third kappa shape index (κ3) is 5.93. The number of fused-ring (bicyclic) bond motifs is 16. The lowest BCUT2D eigenvalue weighted by Gasteiger charge is -2.38. The third-order valence-electron chi connectivity index (χ3n) is 14.4. The Morgan fingerprint density at radius 1 is 0.431 bits per heavy atom. The zero-order valence-electron chi connectivity index (χ0n) is 38.5. The summed E-state index contributed by atoms with van der Waals surface area (Å²) in [6.07, 6.45) is 12.2. The molecular weight excluding hydrogens is 893 g/mol. The molecule has 8 nitrogen and oxygen atoms in total. The average Bonchev–Trinajstić information content (AvgIpc) is 3.64. The first kappa shape index (κ1) is 40.2. The highest BCUT2D eigenvalue weighted by Crippen LogP contribution is 2.60. The first-order valence-corrected chi connectivity index (χ1v) is 24.0. The number of rotatable bonds is 4. The van der Waals surface area contributed by atoms with Crippen molar-refractivity contribution in [3.05, 3.63) is 252 Å². The van der Waals surface area contributed by atoms with E-state index in [1.165, 1.54) is 22.3 Å². The van der Waals surface area contributed by atoms with Gasteiger partial charge in [-0.05, 0) is 111 Å². The van der Waals surface area contributed by atoms with E-state index in [4.69, 9.17) is 27.5 Å². The quantitative estimate of drug-likeness (QED) is 0.129. The maximum absolute atomic E-state index is 6.70. The molecule has 0 atom stereocenters. The predicted molar refractivity (Wildman–Crippen MR) is 285 cm³/mol. The molecule has 2 aliphatic heterocycles. The molecule has 2 aromatic heterocycles. The van der Waals surface area contributed by atoms with Crippen molar-refractivity contribution in [2.75, 3.05) is 11.4 Å². The van der Waals surface area contributed by atoms with E-state index in [0.717, 1.165) is 61.7 Å². The standard InChI is InChI=1S/C64H40N2O6/c1-2-3-4-15-43-38-65(51-34-60-62(36-58(51)67-43)71-56-24-13-11-22-54(56)69-60)41-30-28-39-26-27-40-29-31-42(33-49(40)64(48(39)32-41)46-18-7-5-16-44(46)45-17-6-8-19-47(45)64)66-50-20-9-10-21-53(50)68-59-37-63-61(35-52(59)66)70-55-23-12-14-25-57(55)72-63/h2-37H,1,38H2/b4-3-,43-15+. The molecule has 4 aliphatic rings. The van der Waals surface area contributed by atoms with Crippen LogP contribution >= 0.6 is 0 Å². The highest BCUT2D eigenvalue weighted by Gasteiger charge is 2.49. The summed E-state index contributed by atoms with van der Waals surface area (Å²) < 4.78 is 41.5. The van der Waals surface area contributed by atoms with Crippen molar-refractivity contribution < 1.29 is 27.5 Å². The molecular formula is C64H40N2O6. The number of anilines is 2. The minimum Gasteiger partial charge on any atom is -0.457 e. The zero-order valence-corrected chi connectivity index (χ0v) is 38.5. The van der Waals surface area contributed by atoms with Gasteiger partial charge in [-0.1, -0.05) is 134 Å². The molecule has 0 N–H and O–H groups in total. The van der Waals surface area contributed by atoms with Crippen LogP contribution in [0.15, 0.2) is 232 Å². The van der Waals surface area contributed by atoms with Gasteiger partial charge in [0.15, 0.2) is 62.2 Å². The van der Waals surface area contributed by atoms with E-state index in [2.05, 4.69) is 125 Å². The van der Waals surface area contributed by atoms with Gasteiger partial charge in [0.05, 0.1) is 28.7 Å². The van der Waals surface area contributed by atoms with E-state index in [9.17, 15) is 0 Å². The van der Waals surface area contributed by atoms with E-state index >= 15 is 0 Å². The van der Waals surface area contributed by atoms with Crippen LogP contribution < -0.4 is 19.1 Å². The predicted octanol–water partition coefficient (Wildman–Crippen LogP) is 16.9. The van der Waals surface area contributed by atoms with Gasteiger partial charge in [0.25, 0.3) is 0 Å².